The number of nitrogens with one attached hydrogen (secondary N) is 4. The van der Waals surface area contributed by atoms with Gasteiger partial charge in [0.1, 0.15) is 6.04 Å². The summed E-state index contributed by atoms with van der Waals surface area (Å²) < 4.78 is 7.53. The zero-order chi connectivity index (χ0) is 37.2. The highest BCUT2D eigenvalue weighted by molar-refractivity contribution is 5.98. The van der Waals surface area contributed by atoms with Crippen LogP contribution in [0.5, 0.6) is 0 Å². The molecule has 0 bridgehead atoms. The van der Waals surface area contributed by atoms with Crippen LogP contribution in [0.4, 0.5) is 11.5 Å². The number of carbonyl (C=O) groups excluding carboxylic acids is 2. The van der Waals surface area contributed by atoms with E-state index in [1.807, 2.05) is 66.1 Å². The predicted molar refractivity (Wildman–Crippen MR) is 208 cm³/mol. The number of anilines is 2. The van der Waals surface area contributed by atoms with E-state index < -0.39 is 17.5 Å². The minimum Gasteiger partial charge on any atom is -0.374 e. The molecule has 4 rings (SSSR count). The highest BCUT2D eigenvalue weighted by Gasteiger charge is 2.30. The number of hydrogen-bond donors (Lipinski definition) is 4. The summed E-state index contributed by atoms with van der Waals surface area (Å²) in [4.78, 5) is 29.6. The van der Waals surface area contributed by atoms with Crippen LogP contribution in [0.25, 0.3) is 0 Å². The fourth-order valence-electron chi connectivity index (χ4n) is 4.62. The Morgan fingerprint density at radius 1 is 0.980 bits per heavy atom. The van der Waals surface area contributed by atoms with Gasteiger partial charge in [-0.1, -0.05) is 107 Å². The number of carbonyl (C=O) groups is 2. The largest absolute Gasteiger partial charge is 0.374 e. The second-order valence-corrected chi connectivity index (χ2v) is 14.3. The van der Waals surface area contributed by atoms with Gasteiger partial charge >= 0.3 is 0 Å². The van der Waals surface area contributed by atoms with Gasteiger partial charge in [0.15, 0.2) is 5.82 Å². The number of para-hydroxylation sites is 1. The van der Waals surface area contributed by atoms with Crippen LogP contribution in [-0.2, 0) is 27.5 Å². The van der Waals surface area contributed by atoms with Gasteiger partial charge < -0.3 is 30.6 Å². The normalized spacial score (nSPS) is 13.4. The summed E-state index contributed by atoms with van der Waals surface area (Å²) >= 11 is 0. The van der Waals surface area contributed by atoms with Gasteiger partial charge in [-0.3, -0.25) is 9.59 Å². The number of nitrogens with zero attached hydrogens (tertiary/aromatic N) is 2. The maximum atomic E-state index is 12.8. The minimum atomic E-state index is -0.875. The Bertz CT molecular complexity index is 1490. The first-order chi connectivity index (χ1) is 23.6. The molecule has 1 atom stereocenters. The molecule has 3 aromatic rings. The maximum Gasteiger partial charge on any atom is 0.250 e. The number of benzene rings is 2. The van der Waals surface area contributed by atoms with Crippen molar-refractivity contribution in [3.63, 3.8) is 0 Å². The first-order valence-electron chi connectivity index (χ1n) is 17.4. The van der Waals surface area contributed by atoms with Gasteiger partial charge in [-0.15, -0.1) is 6.58 Å². The molecule has 2 amide bonds. The Morgan fingerprint density at radius 3 is 2.10 bits per heavy atom. The van der Waals surface area contributed by atoms with Crippen LogP contribution in [0, 0.1) is 11.3 Å². The van der Waals surface area contributed by atoms with Crippen LogP contribution in [0.2, 0.25) is 0 Å². The van der Waals surface area contributed by atoms with Gasteiger partial charge in [0, 0.05) is 24.1 Å². The molecule has 1 fully saturated rings. The Hall–Kier alpha value is -4.47. The molecule has 1 aromatic heterocycles. The average molecular weight is 685 g/mol. The highest BCUT2D eigenvalue weighted by Crippen LogP contribution is 2.30. The summed E-state index contributed by atoms with van der Waals surface area (Å²) in [5.41, 5.74) is 3.77. The fraction of sp³-hybridized carbons (Fsp3) is 0.439. The summed E-state index contributed by atoms with van der Waals surface area (Å²) in [6, 6.07) is 19.0. The standard InChI is InChI=1S/C22H31N5O3.C13H17N.C6H12/c1-16(2)11-27-12-19(24-15-27)26-20(28)18(25-21(29)22(3,4)23-5)14-30-13-17-9-7-6-8-10-17;1-11(12-7-5-6-8-12)14-13-9-3-2-4-10-13;1-5-6(2,3)4/h6-10,12,15,18,23H,1,11,13-14H2,2-5H3,(H,25,29)(H,26,28);2-4,9-10,12,14H,1,5-8H2;5H,1H2,2-4H3/t18-;;/m1../s1. The smallest absolute Gasteiger partial charge is 0.250 e. The number of aromatic nitrogens is 2. The molecule has 0 saturated heterocycles. The van der Waals surface area contributed by atoms with Crippen LogP contribution in [0.3, 0.4) is 0 Å². The Labute approximate surface area is 300 Å². The van der Waals surface area contributed by atoms with Gasteiger partial charge in [-0.2, -0.15) is 0 Å². The lowest BCUT2D eigenvalue weighted by Gasteiger charge is -2.26. The van der Waals surface area contributed by atoms with Gasteiger partial charge in [0.2, 0.25) is 5.91 Å². The van der Waals surface area contributed by atoms with Gasteiger partial charge in [0.05, 0.1) is 25.1 Å². The zero-order valence-electron chi connectivity index (χ0n) is 31.4. The number of ether oxygens (including phenoxy) is 1. The summed E-state index contributed by atoms with van der Waals surface area (Å²) in [7, 11) is 1.69. The quantitative estimate of drug-likeness (QED) is 0.128. The van der Waals surface area contributed by atoms with Crippen molar-refractivity contribution in [1.29, 1.82) is 0 Å². The van der Waals surface area contributed by atoms with Crippen LogP contribution in [0.15, 0.2) is 110 Å². The van der Waals surface area contributed by atoms with Crippen molar-refractivity contribution < 1.29 is 14.3 Å². The van der Waals surface area contributed by atoms with E-state index in [9.17, 15) is 9.59 Å². The molecular formula is C41H60N6O3. The average Bonchev–Trinajstić information content (AvgIpc) is 3.78. The molecule has 0 spiro atoms. The van der Waals surface area contributed by atoms with Crippen LogP contribution in [0.1, 0.15) is 72.8 Å². The summed E-state index contributed by atoms with van der Waals surface area (Å²) in [6.45, 7) is 24.4. The lowest BCUT2D eigenvalue weighted by atomic mass is 9.98. The zero-order valence-corrected chi connectivity index (χ0v) is 31.4. The third kappa shape index (κ3) is 16.3. The molecule has 0 radical (unpaired) electrons. The second kappa shape index (κ2) is 20.9. The van der Waals surface area contributed by atoms with Crippen molar-refractivity contribution in [2.45, 2.75) is 92.0 Å². The molecule has 0 unspecified atom stereocenters. The van der Waals surface area contributed by atoms with E-state index in [0.717, 1.165) is 16.8 Å². The molecule has 1 aliphatic carbocycles. The summed E-state index contributed by atoms with van der Waals surface area (Å²) in [6.07, 6.45) is 10.6. The number of amides is 2. The van der Waals surface area contributed by atoms with Crippen molar-refractivity contribution in [1.82, 2.24) is 20.2 Å². The highest BCUT2D eigenvalue weighted by atomic mass is 16.5. The molecule has 4 N–H and O–H groups in total. The van der Waals surface area contributed by atoms with E-state index in [4.69, 9.17) is 4.74 Å². The van der Waals surface area contributed by atoms with Gasteiger partial charge in [0.25, 0.3) is 5.91 Å². The summed E-state index contributed by atoms with van der Waals surface area (Å²) in [5.74, 6) is 0.386. The van der Waals surface area contributed by atoms with Crippen molar-refractivity contribution >= 4 is 23.3 Å². The van der Waals surface area contributed by atoms with Crippen molar-refractivity contribution in [2.75, 3.05) is 24.3 Å². The van der Waals surface area contributed by atoms with E-state index >= 15 is 0 Å². The third-order valence-corrected chi connectivity index (χ3v) is 8.09. The van der Waals surface area contributed by atoms with Crippen LogP contribution < -0.4 is 21.3 Å². The topological polar surface area (TPSA) is 109 Å². The number of likely N-dealkylation sites (N-methyl/N-ethyl adjacent to an activating group) is 1. The maximum absolute atomic E-state index is 12.8. The Kier molecular flexibility index (Phi) is 17.4. The van der Waals surface area contributed by atoms with Gasteiger partial charge in [-0.25, -0.2) is 4.98 Å². The van der Waals surface area contributed by atoms with E-state index in [1.54, 1.807) is 33.4 Å². The molecule has 2 aromatic carbocycles. The molecule has 1 saturated carbocycles. The lowest BCUT2D eigenvalue weighted by molar-refractivity contribution is -0.131. The number of allylic oxidation sites excluding steroid dienone is 3. The molecule has 272 valence electrons. The molecule has 9 heteroatoms. The first-order valence-corrected chi connectivity index (χ1v) is 17.4. The van der Waals surface area contributed by atoms with Crippen LogP contribution in [-0.4, -0.2) is 46.6 Å². The monoisotopic (exact) mass is 684 g/mol. The molecular weight excluding hydrogens is 624 g/mol. The van der Waals surface area contributed by atoms with E-state index in [0.29, 0.717) is 30.3 Å². The molecule has 0 aliphatic heterocycles. The van der Waals surface area contributed by atoms with E-state index in [-0.39, 0.29) is 12.5 Å². The summed E-state index contributed by atoms with van der Waals surface area (Å²) in [5, 5.41) is 11.8. The first kappa shape index (κ1) is 41.7. The number of hydrogen-bond acceptors (Lipinski definition) is 6. The van der Waals surface area contributed by atoms with Crippen molar-refractivity contribution in [2.24, 2.45) is 11.3 Å². The number of rotatable bonds is 14. The van der Waals surface area contributed by atoms with Crippen molar-refractivity contribution in [3.05, 3.63) is 116 Å². The van der Waals surface area contributed by atoms with Crippen molar-refractivity contribution in [3.8, 4) is 0 Å². The van der Waals surface area contributed by atoms with E-state index in [2.05, 4.69) is 78.9 Å². The van der Waals surface area contributed by atoms with Gasteiger partial charge in [-0.05, 0) is 69.7 Å². The fourth-order valence-corrected chi connectivity index (χ4v) is 4.62. The third-order valence-electron chi connectivity index (χ3n) is 8.09. The van der Waals surface area contributed by atoms with E-state index in [1.165, 1.54) is 31.4 Å². The molecule has 9 nitrogen and oxygen atoms in total. The Morgan fingerprint density at radius 2 is 1.56 bits per heavy atom. The molecule has 1 aliphatic rings. The predicted octanol–water partition coefficient (Wildman–Crippen LogP) is 8.12. The van der Waals surface area contributed by atoms with Crippen LogP contribution >= 0.6 is 0 Å². The molecule has 1 heterocycles. The SMILES string of the molecule is C=C(C)Cn1cnc(NC(=O)[C@@H](COCc2ccccc2)NC(=O)C(C)(C)NC)c1.C=C(Nc1ccccc1)C1CCCC1.C=CC(C)(C)C. The minimum absolute atomic E-state index is 0.0265. The lowest BCUT2D eigenvalue weighted by Crippen LogP contribution is -2.57. The number of imidazole rings is 1. The Balaban J connectivity index is 0.000000354. The molecule has 50 heavy (non-hydrogen) atoms. The second-order valence-electron chi connectivity index (χ2n) is 14.3.